The third-order valence-electron chi connectivity index (χ3n) is 2.92. The van der Waals surface area contributed by atoms with Crippen molar-refractivity contribution in [2.75, 3.05) is 18.1 Å². The van der Waals surface area contributed by atoms with Gasteiger partial charge in [0.1, 0.15) is 0 Å². The molecule has 0 aliphatic carbocycles. The number of anilines is 1. The zero-order valence-electron chi connectivity index (χ0n) is 11.7. The summed E-state index contributed by atoms with van der Waals surface area (Å²) in [4.78, 5) is 23.5. The lowest BCUT2D eigenvalue weighted by atomic mass is 10.0. The Morgan fingerprint density at radius 2 is 2.15 bits per heavy atom. The van der Waals surface area contributed by atoms with Gasteiger partial charge in [0.05, 0.1) is 0 Å². The minimum absolute atomic E-state index is 0.0456. The van der Waals surface area contributed by atoms with E-state index >= 15 is 0 Å². The Morgan fingerprint density at radius 3 is 2.75 bits per heavy atom. The van der Waals surface area contributed by atoms with Crippen molar-refractivity contribution in [3.8, 4) is 0 Å². The van der Waals surface area contributed by atoms with E-state index in [0.717, 1.165) is 10.6 Å². The fourth-order valence-electron chi connectivity index (χ4n) is 1.72. The largest absolute Gasteiger partial charge is 0.481 e. The molecule has 0 aromatic heterocycles. The molecule has 110 valence electrons. The van der Waals surface area contributed by atoms with E-state index in [1.165, 1.54) is 0 Å². The normalized spacial score (nSPS) is 11.7. The van der Waals surface area contributed by atoms with Gasteiger partial charge < -0.3 is 15.7 Å². The fraction of sp³-hybridized carbons (Fsp3) is 0.429. The van der Waals surface area contributed by atoms with Gasteiger partial charge in [0.15, 0.2) is 0 Å². The number of benzene rings is 1. The summed E-state index contributed by atoms with van der Waals surface area (Å²) in [6, 6.07) is 7.23. The van der Waals surface area contributed by atoms with Crippen molar-refractivity contribution in [3.05, 3.63) is 24.3 Å². The number of urea groups is 1. The zero-order chi connectivity index (χ0) is 15.0. The van der Waals surface area contributed by atoms with Gasteiger partial charge in [-0.1, -0.05) is 19.4 Å². The molecule has 1 atom stereocenters. The number of rotatable bonds is 7. The van der Waals surface area contributed by atoms with Crippen molar-refractivity contribution in [1.82, 2.24) is 5.32 Å². The Morgan fingerprint density at radius 1 is 1.40 bits per heavy atom. The molecule has 0 aliphatic heterocycles. The van der Waals surface area contributed by atoms with Crippen molar-refractivity contribution in [1.29, 1.82) is 0 Å². The van der Waals surface area contributed by atoms with Crippen molar-refractivity contribution >= 4 is 29.4 Å². The highest BCUT2D eigenvalue weighted by molar-refractivity contribution is 7.98. The van der Waals surface area contributed by atoms with Gasteiger partial charge in [-0.05, 0) is 30.4 Å². The van der Waals surface area contributed by atoms with Crippen LogP contribution in [0.2, 0.25) is 0 Å². The first-order valence-electron chi connectivity index (χ1n) is 6.45. The number of carboxylic acids is 1. The number of thioether (sulfide) groups is 1. The van der Waals surface area contributed by atoms with Crippen LogP contribution in [0, 0.1) is 5.92 Å². The molecule has 0 saturated heterocycles. The van der Waals surface area contributed by atoms with Crippen molar-refractivity contribution < 1.29 is 14.7 Å². The summed E-state index contributed by atoms with van der Waals surface area (Å²) < 4.78 is 0. The smallest absolute Gasteiger partial charge is 0.319 e. The molecule has 0 saturated carbocycles. The van der Waals surface area contributed by atoms with Crippen LogP contribution in [0.15, 0.2) is 29.2 Å². The highest BCUT2D eigenvalue weighted by Crippen LogP contribution is 2.18. The van der Waals surface area contributed by atoms with Crippen LogP contribution in [-0.4, -0.2) is 29.9 Å². The number of carboxylic acid groups (broad SMARTS) is 1. The lowest BCUT2D eigenvalue weighted by molar-refractivity contribution is -0.138. The number of hydrogen-bond donors (Lipinski definition) is 3. The second-order valence-electron chi connectivity index (χ2n) is 4.44. The first-order chi connectivity index (χ1) is 9.55. The Hall–Kier alpha value is -1.69. The molecular formula is C14H20N2O3S. The van der Waals surface area contributed by atoms with Gasteiger partial charge in [0.2, 0.25) is 0 Å². The van der Waals surface area contributed by atoms with E-state index in [9.17, 15) is 9.59 Å². The molecule has 1 aromatic rings. The maximum atomic E-state index is 11.7. The average Bonchev–Trinajstić information content (AvgIpc) is 2.43. The maximum absolute atomic E-state index is 11.7. The molecule has 1 unspecified atom stereocenters. The number of amides is 2. The van der Waals surface area contributed by atoms with Gasteiger partial charge in [-0.25, -0.2) is 4.79 Å². The fourth-order valence-corrected chi connectivity index (χ4v) is 2.18. The van der Waals surface area contributed by atoms with Gasteiger partial charge in [-0.15, -0.1) is 11.8 Å². The minimum Gasteiger partial charge on any atom is -0.481 e. The molecule has 1 aromatic carbocycles. The van der Waals surface area contributed by atoms with Crippen molar-refractivity contribution in [3.63, 3.8) is 0 Å². The summed E-state index contributed by atoms with van der Waals surface area (Å²) in [6.45, 7) is 2.27. The van der Waals surface area contributed by atoms with Crippen LogP contribution in [0.4, 0.5) is 10.5 Å². The van der Waals surface area contributed by atoms with E-state index in [0.29, 0.717) is 13.0 Å². The van der Waals surface area contributed by atoms with Crippen LogP contribution in [0.1, 0.15) is 19.8 Å². The van der Waals surface area contributed by atoms with E-state index in [1.54, 1.807) is 11.8 Å². The minimum atomic E-state index is -0.841. The predicted octanol–water partition coefficient (Wildman–Crippen LogP) is 3.03. The molecule has 3 N–H and O–H groups in total. The highest BCUT2D eigenvalue weighted by atomic mass is 32.2. The molecule has 0 fully saturated rings. The third kappa shape index (κ3) is 5.97. The molecule has 2 amide bonds. The Bertz CT molecular complexity index is 465. The SMILES string of the molecule is CCC(CNC(=O)Nc1cccc(SC)c1)CC(=O)O. The lowest BCUT2D eigenvalue weighted by Crippen LogP contribution is -2.33. The second-order valence-corrected chi connectivity index (χ2v) is 5.32. The molecule has 0 heterocycles. The van der Waals surface area contributed by atoms with Gasteiger partial charge in [-0.2, -0.15) is 0 Å². The molecule has 0 aliphatic rings. The van der Waals surface area contributed by atoms with Crippen LogP contribution in [0.3, 0.4) is 0 Å². The van der Waals surface area contributed by atoms with Gasteiger partial charge in [-0.3, -0.25) is 4.79 Å². The van der Waals surface area contributed by atoms with Gasteiger partial charge >= 0.3 is 12.0 Å². The van der Waals surface area contributed by atoms with E-state index in [4.69, 9.17) is 5.11 Å². The first kappa shape index (κ1) is 16.4. The van der Waals surface area contributed by atoms with Crippen LogP contribution >= 0.6 is 11.8 Å². The summed E-state index contributed by atoms with van der Waals surface area (Å²) >= 11 is 1.60. The lowest BCUT2D eigenvalue weighted by Gasteiger charge is -2.14. The number of carbonyl (C=O) groups is 2. The summed E-state index contributed by atoms with van der Waals surface area (Å²) in [6.07, 6.45) is 2.75. The molecule has 5 nitrogen and oxygen atoms in total. The monoisotopic (exact) mass is 296 g/mol. The Kier molecular flexibility index (Phi) is 6.93. The van der Waals surface area contributed by atoms with Crippen LogP contribution < -0.4 is 10.6 Å². The first-order valence-corrected chi connectivity index (χ1v) is 7.68. The van der Waals surface area contributed by atoms with E-state index in [-0.39, 0.29) is 18.4 Å². The summed E-state index contributed by atoms with van der Waals surface area (Å²) in [5.74, 6) is -0.887. The molecule has 0 spiro atoms. The topological polar surface area (TPSA) is 78.4 Å². The molecule has 1 rings (SSSR count). The van der Waals surface area contributed by atoms with Gasteiger partial charge in [0, 0.05) is 23.5 Å². The number of aliphatic carboxylic acids is 1. The summed E-state index contributed by atoms with van der Waals surface area (Å²) in [5.41, 5.74) is 0.723. The molecule has 20 heavy (non-hydrogen) atoms. The Labute approximate surface area is 123 Å². The maximum Gasteiger partial charge on any atom is 0.319 e. The van der Waals surface area contributed by atoms with Crippen LogP contribution in [-0.2, 0) is 4.79 Å². The van der Waals surface area contributed by atoms with Crippen molar-refractivity contribution in [2.45, 2.75) is 24.7 Å². The number of hydrogen-bond acceptors (Lipinski definition) is 3. The average molecular weight is 296 g/mol. The number of nitrogens with one attached hydrogen (secondary N) is 2. The van der Waals surface area contributed by atoms with E-state index in [1.807, 2.05) is 37.4 Å². The molecule has 0 radical (unpaired) electrons. The molecule has 6 heteroatoms. The highest BCUT2D eigenvalue weighted by Gasteiger charge is 2.12. The van der Waals surface area contributed by atoms with E-state index < -0.39 is 5.97 Å². The zero-order valence-corrected chi connectivity index (χ0v) is 12.5. The summed E-state index contributed by atoms with van der Waals surface area (Å²) in [5, 5.41) is 14.2. The molecule has 0 bridgehead atoms. The predicted molar refractivity (Wildman–Crippen MR) is 81.3 cm³/mol. The Balaban J connectivity index is 2.44. The quantitative estimate of drug-likeness (QED) is 0.676. The van der Waals surface area contributed by atoms with Crippen LogP contribution in [0.5, 0.6) is 0 Å². The van der Waals surface area contributed by atoms with Crippen LogP contribution in [0.25, 0.3) is 0 Å². The van der Waals surface area contributed by atoms with Crippen molar-refractivity contribution in [2.24, 2.45) is 5.92 Å². The van der Waals surface area contributed by atoms with E-state index in [2.05, 4.69) is 10.6 Å². The third-order valence-corrected chi connectivity index (χ3v) is 3.64. The molecular weight excluding hydrogens is 276 g/mol. The number of carbonyl (C=O) groups excluding carboxylic acids is 1. The standard InChI is InChI=1S/C14H20N2O3S/c1-3-10(7-13(17)18)9-15-14(19)16-11-5-4-6-12(8-11)20-2/h4-6,8,10H,3,7,9H2,1-2H3,(H,17,18)(H2,15,16,19). The van der Waals surface area contributed by atoms with Gasteiger partial charge in [0.25, 0.3) is 0 Å². The second kappa shape index (κ2) is 8.47. The summed E-state index contributed by atoms with van der Waals surface area (Å²) in [7, 11) is 0.